The molecule has 1 fully saturated rings. The van der Waals surface area contributed by atoms with Crippen LogP contribution in [0.3, 0.4) is 0 Å². The Hall–Kier alpha value is -0.340. The molecule has 1 rings (SSSR count). The molecule has 1 saturated carbocycles. The maximum atomic E-state index is 9.92. The summed E-state index contributed by atoms with van der Waals surface area (Å²) in [4.78, 5) is 0. The summed E-state index contributed by atoms with van der Waals surface area (Å²) >= 11 is 0. The van der Waals surface area contributed by atoms with Gasteiger partial charge in [0.05, 0.1) is 12.2 Å². The number of hydrogen-bond donors (Lipinski definition) is 2. The van der Waals surface area contributed by atoms with E-state index in [1.54, 1.807) is 6.92 Å². The molecule has 0 amide bonds. The van der Waals surface area contributed by atoms with Crippen LogP contribution in [0.25, 0.3) is 0 Å². The molecule has 0 unspecified atom stereocenters. The van der Waals surface area contributed by atoms with Gasteiger partial charge in [0.15, 0.2) is 0 Å². The molecule has 2 heteroatoms. The Kier molecular flexibility index (Phi) is 4.63. The first kappa shape index (κ1) is 11.7. The standard InChI is InChI=1S/C12H22O2/c1-9(10(2)13)8-12(14)11-6-4-3-5-7-11/h10-14H,1,3-8H2,2H3/t10-,12+/m1/s1. The van der Waals surface area contributed by atoms with Gasteiger partial charge in [-0.1, -0.05) is 25.8 Å². The zero-order chi connectivity index (χ0) is 10.6. The van der Waals surface area contributed by atoms with Crippen LogP contribution < -0.4 is 0 Å². The second kappa shape index (κ2) is 5.52. The van der Waals surface area contributed by atoms with Crippen LogP contribution in [0.2, 0.25) is 0 Å². The summed E-state index contributed by atoms with van der Waals surface area (Å²) in [6.45, 7) is 5.48. The lowest BCUT2D eigenvalue weighted by Crippen LogP contribution is -2.24. The van der Waals surface area contributed by atoms with Crippen molar-refractivity contribution in [1.29, 1.82) is 0 Å². The highest BCUT2D eigenvalue weighted by Crippen LogP contribution is 2.29. The van der Waals surface area contributed by atoms with Gasteiger partial charge in [0, 0.05) is 0 Å². The highest BCUT2D eigenvalue weighted by Gasteiger charge is 2.22. The smallest absolute Gasteiger partial charge is 0.0720 e. The first-order valence-corrected chi connectivity index (χ1v) is 5.65. The van der Waals surface area contributed by atoms with Gasteiger partial charge in [-0.25, -0.2) is 0 Å². The number of rotatable bonds is 4. The van der Waals surface area contributed by atoms with Crippen LogP contribution in [0.1, 0.15) is 45.4 Å². The fourth-order valence-corrected chi connectivity index (χ4v) is 2.12. The van der Waals surface area contributed by atoms with E-state index in [-0.39, 0.29) is 6.10 Å². The molecular weight excluding hydrogens is 176 g/mol. The van der Waals surface area contributed by atoms with Crippen LogP contribution in [0, 0.1) is 5.92 Å². The summed E-state index contributed by atoms with van der Waals surface area (Å²) in [5.41, 5.74) is 0.753. The molecule has 82 valence electrons. The summed E-state index contributed by atoms with van der Waals surface area (Å²) in [7, 11) is 0. The van der Waals surface area contributed by atoms with E-state index in [2.05, 4.69) is 6.58 Å². The summed E-state index contributed by atoms with van der Waals surface area (Å²) in [5.74, 6) is 0.430. The maximum Gasteiger partial charge on any atom is 0.0720 e. The van der Waals surface area contributed by atoms with Gasteiger partial charge in [-0.3, -0.25) is 0 Å². The third-order valence-corrected chi connectivity index (χ3v) is 3.26. The number of aliphatic hydroxyl groups excluding tert-OH is 2. The zero-order valence-electron chi connectivity index (χ0n) is 9.08. The van der Waals surface area contributed by atoms with E-state index < -0.39 is 6.10 Å². The molecule has 1 aliphatic carbocycles. The van der Waals surface area contributed by atoms with Crippen molar-refractivity contribution in [3.63, 3.8) is 0 Å². The van der Waals surface area contributed by atoms with Gasteiger partial charge in [-0.15, -0.1) is 0 Å². The quantitative estimate of drug-likeness (QED) is 0.680. The topological polar surface area (TPSA) is 40.5 Å². The largest absolute Gasteiger partial charge is 0.393 e. The monoisotopic (exact) mass is 198 g/mol. The van der Waals surface area contributed by atoms with Crippen molar-refractivity contribution in [2.45, 2.75) is 57.7 Å². The predicted octanol–water partition coefficient (Wildman–Crippen LogP) is 2.25. The molecule has 0 radical (unpaired) electrons. The molecule has 2 atom stereocenters. The van der Waals surface area contributed by atoms with Gasteiger partial charge >= 0.3 is 0 Å². The average molecular weight is 198 g/mol. The van der Waals surface area contributed by atoms with Gasteiger partial charge < -0.3 is 10.2 Å². The van der Waals surface area contributed by atoms with E-state index in [9.17, 15) is 10.2 Å². The van der Waals surface area contributed by atoms with Crippen molar-refractivity contribution in [2.24, 2.45) is 5.92 Å². The lowest BCUT2D eigenvalue weighted by atomic mass is 9.83. The van der Waals surface area contributed by atoms with Crippen molar-refractivity contribution in [3.05, 3.63) is 12.2 Å². The first-order valence-electron chi connectivity index (χ1n) is 5.65. The molecule has 2 nitrogen and oxygen atoms in total. The highest BCUT2D eigenvalue weighted by molar-refractivity contribution is 5.02. The van der Waals surface area contributed by atoms with Crippen molar-refractivity contribution in [2.75, 3.05) is 0 Å². The molecule has 0 heterocycles. The first-order chi connectivity index (χ1) is 6.61. The van der Waals surface area contributed by atoms with Crippen molar-refractivity contribution in [1.82, 2.24) is 0 Å². The van der Waals surface area contributed by atoms with Crippen molar-refractivity contribution >= 4 is 0 Å². The fourth-order valence-electron chi connectivity index (χ4n) is 2.12. The number of hydrogen-bond acceptors (Lipinski definition) is 2. The second-order valence-corrected chi connectivity index (χ2v) is 4.50. The molecule has 0 aliphatic heterocycles. The SMILES string of the molecule is C=C(C[C@H](O)C1CCCCC1)[C@@H](C)O. The van der Waals surface area contributed by atoms with Gasteiger partial charge in [0.1, 0.15) is 0 Å². The van der Waals surface area contributed by atoms with Crippen LogP contribution in [-0.2, 0) is 0 Å². The van der Waals surface area contributed by atoms with Gasteiger partial charge in [-0.2, -0.15) is 0 Å². The maximum absolute atomic E-state index is 9.92. The Morgan fingerprint density at radius 2 is 1.86 bits per heavy atom. The summed E-state index contributed by atoms with van der Waals surface area (Å²) in [6, 6.07) is 0. The minimum absolute atomic E-state index is 0.294. The summed E-state index contributed by atoms with van der Waals surface area (Å²) in [5, 5.41) is 19.2. The van der Waals surface area contributed by atoms with Gasteiger partial charge in [0.25, 0.3) is 0 Å². The van der Waals surface area contributed by atoms with E-state index in [4.69, 9.17) is 0 Å². The lowest BCUT2D eigenvalue weighted by Gasteiger charge is -2.27. The van der Waals surface area contributed by atoms with Crippen LogP contribution >= 0.6 is 0 Å². The molecule has 2 N–H and O–H groups in total. The molecular formula is C12H22O2. The Bertz CT molecular complexity index is 181. The summed E-state index contributed by atoms with van der Waals surface area (Å²) < 4.78 is 0. The molecule has 14 heavy (non-hydrogen) atoms. The summed E-state index contributed by atoms with van der Waals surface area (Å²) in [6.07, 6.45) is 5.82. The van der Waals surface area contributed by atoms with E-state index in [1.165, 1.54) is 19.3 Å². The Labute approximate surface area is 86.6 Å². The molecule has 0 bridgehead atoms. The minimum atomic E-state index is -0.492. The lowest BCUT2D eigenvalue weighted by molar-refractivity contribution is 0.0788. The minimum Gasteiger partial charge on any atom is -0.393 e. The molecule has 0 spiro atoms. The second-order valence-electron chi connectivity index (χ2n) is 4.50. The van der Waals surface area contributed by atoms with E-state index in [0.29, 0.717) is 12.3 Å². The molecule has 0 aromatic heterocycles. The molecule has 0 aromatic carbocycles. The third-order valence-electron chi connectivity index (χ3n) is 3.26. The molecule has 0 aromatic rings. The van der Waals surface area contributed by atoms with Crippen LogP contribution in [0.15, 0.2) is 12.2 Å². The Balaban J connectivity index is 2.32. The predicted molar refractivity (Wildman–Crippen MR) is 58.0 cm³/mol. The third kappa shape index (κ3) is 3.43. The van der Waals surface area contributed by atoms with Crippen LogP contribution in [0.5, 0.6) is 0 Å². The van der Waals surface area contributed by atoms with E-state index >= 15 is 0 Å². The van der Waals surface area contributed by atoms with Crippen LogP contribution in [-0.4, -0.2) is 22.4 Å². The fraction of sp³-hybridized carbons (Fsp3) is 0.833. The molecule has 1 aliphatic rings. The van der Waals surface area contributed by atoms with Crippen LogP contribution in [0.4, 0.5) is 0 Å². The van der Waals surface area contributed by atoms with E-state index in [0.717, 1.165) is 18.4 Å². The zero-order valence-corrected chi connectivity index (χ0v) is 9.08. The normalized spacial score (nSPS) is 23.1. The molecule has 0 saturated heterocycles. The average Bonchev–Trinajstić information content (AvgIpc) is 2.19. The van der Waals surface area contributed by atoms with E-state index in [1.807, 2.05) is 0 Å². The van der Waals surface area contributed by atoms with Gasteiger partial charge in [0.2, 0.25) is 0 Å². The Morgan fingerprint density at radius 1 is 1.29 bits per heavy atom. The Morgan fingerprint density at radius 3 is 2.36 bits per heavy atom. The van der Waals surface area contributed by atoms with Crippen molar-refractivity contribution in [3.8, 4) is 0 Å². The van der Waals surface area contributed by atoms with Gasteiger partial charge in [-0.05, 0) is 37.7 Å². The number of aliphatic hydroxyl groups is 2. The van der Waals surface area contributed by atoms with Crippen molar-refractivity contribution < 1.29 is 10.2 Å². The highest BCUT2D eigenvalue weighted by atomic mass is 16.3.